The Hall–Kier alpha value is -1.18. The number of likely N-dealkylation sites (N-methyl/N-ethyl adjacent to an activating group) is 1. The number of carbonyl (C=O) groups excluding carboxylic acids is 2. The second kappa shape index (κ2) is 13.1. The lowest BCUT2D eigenvalue weighted by atomic mass is 10.3. The normalized spacial score (nSPS) is 12.7. The molecule has 0 aromatic heterocycles. The highest BCUT2D eigenvalue weighted by Gasteiger charge is 2.18. The molecule has 142 valence electrons. The van der Waals surface area contributed by atoms with Crippen molar-refractivity contribution in [3.63, 3.8) is 0 Å². The fourth-order valence-electron chi connectivity index (χ4n) is 2.11. The maximum atomic E-state index is 11.9. The predicted molar refractivity (Wildman–Crippen MR) is 95.0 cm³/mol. The van der Waals surface area contributed by atoms with Crippen LogP contribution in [-0.2, 0) is 19.1 Å². The molecule has 1 unspecified atom stereocenters. The molecule has 0 aromatic rings. The zero-order valence-corrected chi connectivity index (χ0v) is 16.2. The Morgan fingerprint density at radius 2 is 1.29 bits per heavy atom. The van der Waals surface area contributed by atoms with Gasteiger partial charge < -0.3 is 24.2 Å². The predicted octanol–water partition coefficient (Wildman–Crippen LogP) is 0.687. The van der Waals surface area contributed by atoms with Crippen molar-refractivity contribution in [3.05, 3.63) is 0 Å². The number of hydrogen-bond acceptors (Lipinski definition) is 7. The Kier molecular flexibility index (Phi) is 12.5. The zero-order chi connectivity index (χ0) is 18.5. The highest BCUT2D eigenvalue weighted by Crippen LogP contribution is 2.03. The fourth-order valence-corrected chi connectivity index (χ4v) is 2.11. The van der Waals surface area contributed by atoms with Crippen LogP contribution in [0.15, 0.2) is 0 Å². The van der Waals surface area contributed by atoms with E-state index >= 15 is 0 Å². The average molecular weight is 345 g/mol. The summed E-state index contributed by atoms with van der Waals surface area (Å²) >= 11 is 0. The van der Waals surface area contributed by atoms with Gasteiger partial charge in [-0.05, 0) is 68.2 Å². The summed E-state index contributed by atoms with van der Waals surface area (Å²) in [6.07, 6.45) is 1.84. The molecule has 0 aliphatic rings. The minimum Gasteiger partial charge on any atom is -0.462 e. The van der Waals surface area contributed by atoms with Gasteiger partial charge in [0.1, 0.15) is 12.7 Å². The smallest absolute Gasteiger partial charge is 0.306 e. The van der Waals surface area contributed by atoms with E-state index in [1.807, 2.05) is 57.0 Å². The highest BCUT2D eigenvalue weighted by atomic mass is 16.6. The molecule has 0 spiro atoms. The Morgan fingerprint density at radius 1 is 0.792 bits per heavy atom. The molecular weight excluding hydrogens is 310 g/mol. The fraction of sp³-hybridized carbons (Fsp3) is 0.882. The molecule has 0 fully saturated rings. The van der Waals surface area contributed by atoms with Gasteiger partial charge in [-0.15, -0.1) is 0 Å². The van der Waals surface area contributed by atoms with E-state index in [-0.39, 0.29) is 18.5 Å². The Balaban J connectivity index is 4.16. The molecule has 0 heterocycles. The first-order valence-electron chi connectivity index (χ1n) is 8.50. The van der Waals surface area contributed by atoms with Crippen LogP contribution in [0.4, 0.5) is 0 Å². The largest absolute Gasteiger partial charge is 0.462 e. The van der Waals surface area contributed by atoms with Crippen LogP contribution >= 0.6 is 0 Å². The van der Waals surface area contributed by atoms with E-state index in [1.54, 1.807) is 0 Å². The van der Waals surface area contributed by atoms with Crippen LogP contribution in [0.2, 0.25) is 0 Å². The summed E-state index contributed by atoms with van der Waals surface area (Å²) in [6.45, 7) is 2.33. The van der Waals surface area contributed by atoms with Crippen molar-refractivity contribution in [2.75, 3.05) is 68.5 Å². The first-order valence-corrected chi connectivity index (χ1v) is 8.50. The molecule has 0 aliphatic carbocycles. The average Bonchev–Trinajstić information content (AvgIpc) is 2.43. The molecule has 0 aromatic carbocycles. The summed E-state index contributed by atoms with van der Waals surface area (Å²) in [5.74, 6) is -0.489. The minimum atomic E-state index is -0.426. The van der Waals surface area contributed by atoms with Crippen LogP contribution in [0.3, 0.4) is 0 Å². The van der Waals surface area contributed by atoms with E-state index in [0.29, 0.717) is 19.4 Å². The van der Waals surface area contributed by atoms with Crippen molar-refractivity contribution >= 4 is 11.9 Å². The second-order valence-electron chi connectivity index (χ2n) is 6.87. The van der Waals surface area contributed by atoms with Crippen molar-refractivity contribution in [2.24, 2.45) is 0 Å². The monoisotopic (exact) mass is 345 g/mol. The van der Waals surface area contributed by atoms with Gasteiger partial charge in [-0.25, -0.2) is 0 Å². The summed E-state index contributed by atoms with van der Waals surface area (Å²) in [5, 5.41) is 0. The molecular formula is C17H35N3O4. The maximum Gasteiger partial charge on any atom is 0.306 e. The lowest BCUT2D eigenvalue weighted by Gasteiger charge is -2.21. The van der Waals surface area contributed by atoms with Crippen LogP contribution in [0.1, 0.15) is 25.7 Å². The van der Waals surface area contributed by atoms with Crippen LogP contribution < -0.4 is 0 Å². The molecule has 0 saturated heterocycles. The zero-order valence-electron chi connectivity index (χ0n) is 16.2. The Labute approximate surface area is 146 Å². The molecule has 7 heteroatoms. The molecule has 0 N–H and O–H groups in total. The van der Waals surface area contributed by atoms with Gasteiger partial charge in [0.05, 0.1) is 0 Å². The minimum absolute atomic E-state index is 0.110. The van der Waals surface area contributed by atoms with Crippen LogP contribution in [0.5, 0.6) is 0 Å². The summed E-state index contributed by atoms with van der Waals surface area (Å²) in [4.78, 5) is 29.6. The van der Waals surface area contributed by atoms with Gasteiger partial charge >= 0.3 is 11.9 Å². The van der Waals surface area contributed by atoms with Crippen molar-refractivity contribution in [3.8, 4) is 0 Å². The summed E-state index contributed by atoms with van der Waals surface area (Å²) in [7, 11) is 11.7. The van der Waals surface area contributed by atoms with E-state index in [4.69, 9.17) is 9.47 Å². The van der Waals surface area contributed by atoms with Gasteiger partial charge in [-0.2, -0.15) is 0 Å². The van der Waals surface area contributed by atoms with Crippen molar-refractivity contribution in [1.82, 2.24) is 14.7 Å². The Bertz CT molecular complexity index is 360. The van der Waals surface area contributed by atoms with Gasteiger partial charge in [-0.3, -0.25) is 9.59 Å². The second-order valence-corrected chi connectivity index (χ2v) is 6.87. The number of esters is 2. The third-order valence-corrected chi connectivity index (χ3v) is 3.27. The molecule has 0 amide bonds. The standard InChI is InChI=1S/C17H35N3O4/c1-18(2)11-7-9-16(21)23-14-15(13-20(5)6)24-17(22)10-8-12-19(3)4/h15H,7-14H2,1-6H3. The topological polar surface area (TPSA) is 62.3 Å². The van der Waals surface area contributed by atoms with Gasteiger partial charge in [-0.1, -0.05) is 0 Å². The highest BCUT2D eigenvalue weighted by molar-refractivity contribution is 5.70. The van der Waals surface area contributed by atoms with Crippen molar-refractivity contribution in [2.45, 2.75) is 31.8 Å². The summed E-state index contributed by atoms with van der Waals surface area (Å²) in [5.41, 5.74) is 0. The number of nitrogens with zero attached hydrogens (tertiary/aromatic N) is 3. The summed E-state index contributed by atoms with van der Waals surface area (Å²) < 4.78 is 10.7. The summed E-state index contributed by atoms with van der Waals surface area (Å²) in [6, 6.07) is 0. The molecule has 0 rings (SSSR count). The van der Waals surface area contributed by atoms with Gasteiger partial charge in [0.25, 0.3) is 0 Å². The molecule has 0 saturated carbocycles. The number of carbonyl (C=O) groups is 2. The molecule has 0 bridgehead atoms. The van der Waals surface area contributed by atoms with Gasteiger partial charge in [0, 0.05) is 19.4 Å². The maximum absolute atomic E-state index is 11.9. The molecule has 7 nitrogen and oxygen atoms in total. The molecule has 24 heavy (non-hydrogen) atoms. The van der Waals surface area contributed by atoms with Crippen molar-refractivity contribution in [1.29, 1.82) is 0 Å². The third kappa shape index (κ3) is 14.4. The number of rotatable bonds is 13. The van der Waals surface area contributed by atoms with Gasteiger partial charge in [0.2, 0.25) is 0 Å². The number of ether oxygens (including phenoxy) is 2. The van der Waals surface area contributed by atoms with Crippen LogP contribution in [0, 0.1) is 0 Å². The lowest BCUT2D eigenvalue weighted by molar-refractivity contribution is -0.160. The van der Waals surface area contributed by atoms with Crippen molar-refractivity contribution < 1.29 is 19.1 Å². The molecule has 0 radical (unpaired) electrons. The molecule has 1 atom stereocenters. The lowest BCUT2D eigenvalue weighted by Crippen LogP contribution is -2.35. The SMILES string of the molecule is CN(C)CCCC(=O)OCC(CN(C)C)OC(=O)CCCN(C)C. The van der Waals surface area contributed by atoms with Crippen LogP contribution in [0.25, 0.3) is 0 Å². The van der Waals surface area contributed by atoms with E-state index in [0.717, 1.165) is 25.9 Å². The number of hydrogen-bond donors (Lipinski definition) is 0. The van der Waals surface area contributed by atoms with Gasteiger partial charge in [0.15, 0.2) is 0 Å². The van der Waals surface area contributed by atoms with Crippen LogP contribution in [-0.4, -0.2) is 101 Å². The first-order chi connectivity index (χ1) is 11.2. The van der Waals surface area contributed by atoms with E-state index < -0.39 is 6.10 Å². The quantitative estimate of drug-likeness (QED) is 0.455. The Morgan fingerprint density at radius 3 is 1.75 bits per heavy atom. The first kappa shape index (κ1) is 22.8. The molecule has 0 aliphatic heterocycles. The van der Waals surface area contributed by atoms with E-state index in [9.17, 15) is 9.59 Å². The van der Waals surface area contributed by atoms with E-state index in [1.165, 1.54) is 0 Å². The van der Waals surface area contributed by atoms with E-state index in [2.05, 4.69) is 0 Å². The third-order valence-electron chi connectivity index (χ3n) is 3.27.